The van der Waals surface area contributed by atoms with Gasteiger partial charge in [0.05, 0.1) is 29.9 Å². The van der Waals surface area contributed by atoms with E-state index >= 15 is 0 Å². The molecule has 0 atom stereocenters. The predicted molar refractivity (Wildman–Crippen MR) is 144 cm³/mol. The zero-order chi connectivity index (χ0) is 27.2. The van der Waals surface area contributed by atoms with Gasteiger partial charge in [-0.2, -0.15) is 0 Å². The Morgan fingerprint density at radius 2 is 1.46 bits per heavy atom. The normalized spacial score (nSPS) is 11.8. The Morgan fingerprint density at radius 3 is 2.00 bits per heavy atom. The van der Waals surface area contributed by atoms with Gasteiger partial charge in [0, 0.05) is 19.7 Å². The summed E-state index contributed by atoms with van der Waals surface area (Å²) in [5.41, 5.74) is 2.78. The largest absolute Gasteiger partial charge is 0.492 e. The molecule has 0 heterocycles. The van der Waals surface area contributed by atoms with E-state index in [-0.39, 0.29) is 30.5 Å². The van der Waals surface area contributed by atoms with Crippen molar-refractivity contribution in [2.45, 2.75) is 18.4 Å². The van der Waals surface area contributed by atoms with Crippen LogP contribution in [-0.2, 0) is 26.6 Å². The minimum absolute atomic E-state index is 0.162. The van der Waals surface area contributed by atoms with Gasteiger partial charge in [-0.3, -0.25) is 9.10 Å². The highest BCUT2D eigenvalue weighted by Gasteiger charge is 2.19. The molecule has 0 fully saturated rings. The molecule has 3 aromatic rings. The van der Waals surface area contributed by atoms with E-state index in [2.05, 4.69) is 5.32 Å². The molecule has 0 aromatic heterocycles. The minimum Gasteiger partial charge on any atom is -0.492 e. The second-order valence-electron chi connectivity index (χ2n) is 8.67. The van der Waals surface area contributed by atoms with Crippen LogP contribution in [0.4, 0.5) is 5.69 Å². The lowest BCUT2D eigenvalue weighted by Gasteiger charge is -2.23. The molecule has 9 nitrogen and oxygen atoms in total. The summed E-state index contributed by atoms with van der Waals surface area (Å²) >= 11 is 0. The van der Waals surface area contributed by atoms with Gasteiger partial charge in [0.15, 0.2) is 0 Å². The number of sulfonamides is 2. The van der Waals surface area contributed by atoms with Crippen molar-refractivity contribution in [3.8, 4) is 5.75 Å². The standard InChI is InChI=1S/C26H31N3O6S2/c1-20-5-7-21(8-6-20)19-29(36(4,31)32)23-11-9-22(10-12-23)26(30)27-17-18-35-24-13-15-25(16-14-24)37(33,34)28(2)3/h5-16H,17-19H2,1-4H3,(H,27,30). The van der Waals surface area contributed by atoms with Crippen LogP contribution in [0.3, 0.4) is 0 Å². The predicted octanol–water partition coefficient (Wildman–Crippen LogP) is 3.02. The van der Waals surface area contributed by atoms with Crippen LogP contribution in [0.5, 0.6) is 5.75 Å². The average Bonchev–Trinajstić information content (AvgIpc) is 2.85. The molecule has 0 unspecified atom stereocenters. The number of carbonyl (C=O) groups excluding carboxylic acids is 1. The number of benzene rings is 3. The third-order valence-electron chi connectivity index (χ3n) is 5.52. The van der Waals surface area contributed by atoms with Crippen LogP contribution in [0.25, 0.3) is 0 Å². The maximum Gasteiger partial charge on any atom is 0.251 e. The molecule has 0 saturated carbocycles. The van der Waals surface area contributed by atoms with Gasteiger partial charge < -0.3 is 10.1 Å². The van der Waals surface area contributed by atoms with Crippen molar-refractivity contribution in [3.63, 3.8) is 0 Å². The van der Waals surface area contributed by atoms with Crippen molar-refractivity contribution in [3.05, 3.63) is 89.5 Å². The van der Waals surface area contributed by atoms with Crippen LogP contribution in [0, 0.1) is 6.92 Å². The SMILES string of the molecule is Cc1ccc(CN(c2ccc(C(=O)NCCOc3ccc(S(=O)(=O)N(C)C)cc3)cc2)S(C)(=O)=O)cc1. The summed E-state index contributed by atoms with van der Waals surface area (Å²) in [4.78, 5) is 12.7. The number of hydrogen-bond donors (Lipinski definition) is 1. The van der Waals surface area contributed by atoms with E-state index in [1.807, 2.05) is 31.2 Å². The number of ether oxygens (including phenoxy) is 1. The highest BCUT2D eigenvalue weighted by molar-refractivity contribution is 7.92. The van der Waals surface area contributed by atoms with Crippen LogP contribution >= 0.6 is 0 Å². The first-order valence-corrected chi connectivity index (χ1v) is 14.7. The van der Waals surface area contributed by atoms with Crippen molar-refractivity contribution in [1.29, 1.82) is 0 Å². The Morgan fingerprint density at radius 1 is 0.865 bits per heavy atom. The zero-order valence-electron chi connectivity index (χ0n) is 21.2. The molecule has 0 radical (unpaired) electrons. The van der Waals surface area contributed by atoms with Crippen LogP contribution in [0.15, 0.2) is 77.7 Å². The second-order valence-corrected chi connectivity index (χ2v) is 12.7. The summed E-state index contributed by atoms with van der Waals surface area (Å²) in [5, 5.41) is 2.75. The molecular weight excluding hydrogens is 514 g/mol. The Kier molecular flexibility index (Phi) is 8.95. The van der Waals surface area contributed by atoms with Crippen molar-refractivity contribution < 1.29 is 26.4 Å². The fourth-order valence-corrected chi connectivity index (χ4v) is 5.18. The number of amides is 1. The van der Waals surface area contributed by atoms with Crippen LogP contribution < -0.4 is 14.4 Å². The van der Waals surface area contributed by atoms with E-state index < -0.39 is 20.0 Å². The summed E-state index contributed by atoms with van der Waals surface area (Å²) in [6.07, 6.45) is 1.15. The van der Waals surface area contributed by atoms with Gasteiger partial charge in [-0.05, 0) is 61.0 Å². The molecule has 3 rings (SSSR count). The van der Waals surface area contributed by atoms with Gasteiger partial charge in [0.25, 0.3) is 5.91 Å². The molecule has 3 aromatic carbocycles. The second kappa shape index (κ2) is 11.8. The van der Waals surface area contributed by atoms with Crippen LogP contribution in [0.1, 0.15) is 21.5 Å². The highest BCUT2D eigenvalue weighted by Crippen LogP contribution is 2.22. The van der Waals surface area contributed by atoms with Crippen molar-refractivity contribution >= 4 is 31.6 Å². The van der Waals surface area contributed by atoms with Gasteiger partial charge in [-0.15, -0.1) is 0 Å². The fraction of sp³-hybridized carbons (Fsp3) is 0.269. The van der Waals surface area contributed by atoms with Gasteiger partial charge >= 0.3 is 0 Å². The van der Waals surface area contributed by atoms with Crippen LogP contribution in [0.2, 0.25) is 0 Å². The summed E-state index contributed by atoms with van der Waals surface area (Å²) in [7, 11) is -4.13. The van der Waals surface area contributed by atoms with Crippen molar-refractivity contribution in [1.82, 2.24) is 9.62 Å². The molecule has 0 aliphatic rings. The number of rotatable bonds is 11. The number of nitrogens with one attached hydrogen (secondary N) is 1. The molecule has 37 heavy (non-hydrogen) atoms. The maximum absolute atomic E-state index is 12.5. The highest BCUT2D eigenvalue weighted by atomic mass is 32.2. The molecule has 11 heteroatoms. The quantitative estimate of drug-likeness (QED) is 0.371. The lowest BCUT2D eigenvalue weighted by atomic mass is 10.1. The van der Waals surface area contributed by atoms with E-state index in [4.69, 9.17) is 4.74 Å². The summed E-state index contributed by atoms with van der Waals surface area (Å²) in [6.45, 7) is 2.56. The number of aryl methyl sites for hydroxylation is 1. The number of carbonyl (C=O) groups is 1. The Balaban J connectivity index is 1.55. The van der Waals surface area contributed by atoms with Gasteiger partial charge in [0.1, 0.15) is 12.4 Å². The molecule has 0 spiro atoms. The Bertz CT molecular complexity index is 1420. The van der Waals surface area contributed by atoms with E-state index in [1.54, 1.807) is 36.4 Å². The van der Waals surface area contributed by atoms with Gasteiger partial charge in [0.2, 0.25) is 20.0 Å². The zero-order valence-corrected chi connectivity index (χ0v) is 22.8. The minimum atomic E-state index is -3.54. The first kappa shape index (κ1) is 28.2. The Labute approximate surface area is 218 Å². The first-order chi connectivity index (χ1) is 17.4. The maximum atomic E-state index is 12.5. The third-order valence-corrected chi connectivity index (χ3v) is 8.49. The summed E-state index contributed by atoms with van der Waals surface area (Å²) in [6, 6.07) is 20.0. The Hall–Kier alpha value is -3.41. The van der Waals surface area contributed by atoms with Gasteiger partial charge in [-0.25, -0.2) is 21.1 Å². The number of nitrogens with zero attached hydrogens (tertiary/aromatic N) is 2. The lowest BCUT2D eigenvalue weighted by molar-refractivity contribution is 0.0947. The first-order valence-electron chi connectivity index (χ1n) is 11.4. The van der Waals surface area contributed by atoms with E-state index in [9.17, 15) is 21.6 Å². The topological polar surface area (TPSA) is 113 Å². The van der Waals surface area contributed by atoms with Crippen molar-refractivity contribution in [2.75, 3.05) is 37.8 Å². The fourth-order valence-electron chi connectivity index (χ4n) is 3.39. The van der Waals surface area contributed by atoms with Gasteiger partial charge in [-0.1, -0.05) is 29.8 Å². The smallest absolute Gasteiger partial charge is 0.251 e. The molecule has 0 saturated heterocycles. The molecule has 0 aliphatic heterocycles. The molecule has 1 amide bonds. The lowest BCUT2D eigenvalue weighted by Crippen LogP contribution is -2.30. The average molecular weight is 546 g/mol. The molecule has 0 aliphatic carbocycles. The van der Waals surface area contributed by atoms with Crippen LogP contribution in [-0.4, -0.2) is 60.6 Å². The molecule has 1 N–H and O–H groups in total. The molecular formula is C26H31N3O6S2. The van der Waals surface area contributed by atoms with E-state index in [1.165, 1.54) is 30.5 Å². The summed E-state index contributed by atoms with van der Waals surface area (Å²) < 4.78 is 57.1. The third kappa shape index (κ3) is 7.54. The monoisotopic (exact) mass is 545 g/mol. The number of anilines is 1. The van der Waals surface area contributed by atoms with E-state index in [0.29, 0.717) is 17.0 Å². The number of hydrogen-bond acceptors (Lipinski definition) is 6. The molecule has 0 bridgehead atoms. The van der Waals surface area contributed by atoms with E-state index in [0.717, 1.165) is 21.7 Å². The summed E-state index contributed by atoms with van der Waals surface area (Å²) in [5.74, 6) is 0.151. The molecule has 198 valence electrons. The van der Waals surface area contributed by atoms with Crippen molar-refractivity contribution in [2.24, 2.45) is 0 Å².